The first kappa shape index (κ1) is 28.0. The first-order valence-electron chi connectivity index (χ1n) is 12.3. The van der Waals surface area contributed by atoms with Crippen LogP contribution in [0.3, 0.4) is 0 Å². The van der Waals surface area contributed by atoms with Crippen molar-refractivity contribution in [2.75, 3.05) is 17.1 Å². The maximum Gasteiger partial charge on any atom is 0.244 e. The number of sulfonamides is 1. The molecule has 3 rings (SSSR count). The SMILES string of the molecule is Cc1cc(C)cc(N(CC(=O)N(Cc2ccccc2Cl)[C@H](C)C(=O)NC2CCCCC2)S(C)(=O)=O)c1. The van der Waals surface area contributed by atoms with Gasteiger partial charge in [0.15, 0.2) is 0 Å². The number of amides is 2. The van der Waals surface area contributed by atoms with Crippen LogP contribution in [-0.2, 0) is 26.2 Å². The third-order valence-electron chi connectivity index (χ3n) is 6.59. The average molecular weight is 534 g/mol. The van der Waals surface area contributed by atoms with Gasteiger partial charge in [-0.1, -0.05) is 55.1 Å². The van der Waals surface area contributed by atoms with E-state index in [4.69, 9.17) is 11.6 Å². The van der Waals surface area contributed by atoms with Crippen molar-refractivity contribution in [2.45, 2.75) is 71.5 Å². The second kappa shape index (κ2) is 12.1. The zero-order valence-corrected chi connectivity index (χ0v) is 23.0. The molecule has 2 aromatic rings. The minimum atomic E-state index is -3.77. The van der Waals surface area contributed by atoms with Crippen molar-refractivity contribution in [3.8, 4) is 0 Å². The first-order valence-corrected chi connectivity index (χ1v) is 14.6. The quantitative estimate of drug-likeness (QED) is 0.511. The monoisotopic (exact) mass is 533 g/mol. The lowest BCUT2D eigenvalue weighted by molar-refractivity contribution is -0.139. The number of nitrogens with zero attached hydrogens (tertiary/aromatic N) is 2. The Morgan fingerprint density at radius 3 is 2.25 bits per heavy atom. The van der Waals surface area contributed by atoms with Crippen LogP contribution in [0.25, 0.3) is 0 Å². The fraction of sp³-hybridized carbons (Fsp3) is 0.481. The Labute approximate surface area is 219 Å². The number of aryl methyl sites for hydroxylation is 2. The van der Waals surface area contributed by atoms with E-state index >= 15 is 0 Å². The molecule has 9 heteroatoms. The Morgan fingerprint density at radius 2 is 1.67 bits per heavy atom. The Hall–Kier alpha value is -2.58. The lowest BCUT2D eigenvalue weighted by Gasteiger charge is -2.33. The molecule has 0 radical (unpaired) electrons. The van der Waals surface area contributed by atoms with Crippen molar-refractivity contribution in [1.82, 2.24) is 10.2 Å². The van der Waals surface area contributed by atoms with Crippen molar-refractivity contribution in [2.24, 2.45) is 0 Å². The zero-order valence-electron chi connectivity index (χ0n) is 21.5. The molecule has 0 unspecified atom stereocenters. The van der Waals surface area contributed by atoms with Crippen LogP contribution in [0.15, 0.2) is 42.5 Å². The maximum absolute atomic E-state index is 13.7. The second-order valence-electron chi connectivity index (χ2n) is 9.75. The van der Waals surface area contributed by atoms with Crippen molar-refractivity contribution in [3.05, 3.63) is 64.2 Å². The van der Waals surface area contributed by atoms with Gasteiger partial charge in [-0.25, -0.2) is 8.42 Å². The normalized spacial score (nSPS) is 15.2. The highest BCUT2D eigenvalue weighted by Crippen LogP contribution is 2.24. The number of benzene rings is 2. The fourth-order valence-electron chi connectivity index (χ4n) is 4.67. The molecular weight excluding hydrogens is 498 g/mol. The van der Waals surface area contributed by atoms with Gasteiger partial charge in [0.2, 0.25) is 21.8 Å². The molecule has 0 saturated heterocycles. The molecule has 0 spiro atoms. The topological polar surface area (TPSA) is 86.8 Å². The molecule has 1 aliphatic carbocycles. The zero-order chi connectivity index (χ0) is 26.5. The van der Waals surface area contributed by atoms with Crippen molar-refractivity contribution in [1.29, 1.82) is 0 Å². The minimum absolute atomic E-state index is 0.0855. The molecule has 196 valence electrons. The van der Waals surface area contributed by atoms with E-state index in [9.17, 15) is 18.0 Å². The standard InChI is InChI=1S/C27H36ClN3O4S/c1-19-14-20(2)16-24(15-19)31(36(4,34)35)18-26(32)30(17-22-10-8-9-13-25(22)28)21(3)27(33)29-23-11-6-5-7-12-23/h8-10,13-16,21,23H,5-7,11-12,17-18H2,1-4H3,(H,29,33)/t21-/m1/s1. The van der Waals surface area contributed by atoms with Crippen LogP contribution in [0.2, 0.25) is 5.02 Å². The van der Waals surface area contributed by atoms with Gasteiger partial charge in [0.05, 0.1) is 11.9 Å². The fourth-order valence-corrected chi connectivity index (χ4v) is 5.70. The van der Waals surface area contributed by atoms with E-state index in [-0.39, 0.29) is 18.5 Å². The molecule has 1 saturated carbocycles. The number of hydrogen-bond acceptors (Lipinski definition) is 4. The van der Waals surface area contributed by atoms with Crippen LogP contribution in [0.4, 0.5) is 5.69 Å². The van der Waals surface area contributed by atoms with Crippen molar-refractivity contribution in [3.63, 3.8) is 0 Å². The summed E-state index contributed by atoms with van der Waals surface area (Å²) in [7, 11) is -3.77. The van der Waals surface area contributed by atoms with Gasteiger partial charge in [-0.2, -0.15) is 0 Å². The van der Waals surface area contributed by atoms with Crippen LogP contribution in [-0.4, -0.2) is 50.0 Å². The molecule has 0 heterocycles. The van der Waals surface area contributed by atoms with E-state index in [1.165, 1.54) is 11.3 Å². The molecule has 0 aromatic heterocycles. The third-order valence-corrected chi connectivity index (χ3v) is 8.10. The highest BCUT2D eigenvalue weighted by Gasteiger charge is 2.31. The Kier molecular flexibility index (Phi) is 9.41. The summed E-state index contributed by atoms with van der Waals surface area (Å²) in [6.07, 6.45) is 6.23. The molecule has 2 amide bonds. The molecule has 0 aliphatic heterocycles. The van der Waals surface area contributed by atoms with E-state index in [0.717, 1.165) is 47.4 Å². The minimum Gasteiger partial charge on any atom is -0.352 e. The van der Waals surface area contributed by atoms with Gasteiger partial charge in [-0.05, 0) is 68.5 Å². The summed E-state index contributed by atoms with van der Waals surface area (Å²) in [5, 5.41) is 3.56. The Bertz CT molecular complexity index is 1180. The van der Waals surface area contributed by atoms with Gasteiger partial charge in [-0.3, -0.25) is 13.9 Å². The van der Waals surface area contributed by atoms with Crippen LogP contribution in [0, 0.1) is 13.8 Å². The van der Waals surface area contributed by atoms with Crippen molar-refractivity contribution >= 4 is 39.1 Å². The van der Waals surface area contributed by atoms with Crippen molar-refractivity contribution < 1.29 is 18.0 Å². The number of hydrogen-bond donors (Lipinski definition) is 1. The molecule has 1 fully saturated rings. The number of rotatable bonds is 9. The van der Waals surface area contributed by atoms with E-state index in [1.54, 1.807) is 37.3 Å². The Morgan fingerprint density at radius 1 is 1.06 bits per heavy atom. The summed E-state index contributed by atoms with van der Waals surface area (Å²) in [5.74, 6) is -0.731. The highest BCUT2D eigenvalue weighted by molar-refractivity contribution is 7.92. The lowest BCUT2D eigenvalue weighted by Crippen LogP contribution is -2.53. The number of nitrogens with one attached hydrogen (secondary N) is 1. The predicted octanol–water partition coefficient (Wildman–Crippen LogP) is 4.59. The molecule has 0 bridgehead atoms. The predicted molar refractivity (Wildman–Crippen MR) is 145 cm³/mol. The van der Waals surface area contributed by atoms with E-state index in [0.29, 0.717) is 16.3 Å². The average Bonchev–Trinajstić information content (AvgIpc) is 2.80. The molecule has 7 nitrogen and oxygen atoms in total. The maximum atomic E-state index is 13.7. The highest BCUT2D eigenvalue weighted by atomic mass is 35.5. The second-order valence-corrected chi connectivity index (χ2v) is 12.1. The van der Waals surface area contributed by atoms with Crippen LogP contribution in [0.5, 0.6) is 0 Å². The number of anilines is 1. The largest absolute Gasteiger partial charge is 0.352 e. The van der Waals surface area contributed by atoms with Gasteiger partial charge in [0, 0.05) is 17.6 Å². The molecular formula is C27H36ClN3O4S. The molecule has 36 heavy (non-hydrogen) atoms. The van der Waals surface area contributed by atoms with E-state index in [1.807, 2.05) is 26.0 Å². The molecule has 2 aromatic carbocycles. The van der Waals surface area contributed by atoms with Gasteiger partial charge in [0.1, 0.15) is 12.6 Å². The lowest BCUT2D eigenvalue weighted by atomic mass is 9.95. The first-order chi connectivity index (χ1) is 17.0. The third kappa shape index (κ3) is 7.46. The van der Waals surface area contributed by atoms with Gasteiger partial charge < -0.3 is 10.2 Å². The number of carbonyl (C=O) groups is 2. The smallest absolute Gasteiger partial charge is 0.244 e. The number of carbonyl (C=O) groups excluding carboxylic acids is 2. The van der Waals surface area contributed by atoms with Gasteiger partial charge in [-0.15, -0.1) is 0 Å². The van der Waals surface area contributed by atoms with E-state index in [2.05, 4.69) is 5.32 Å². The van der Waals surface area contributed by atoms with E-state index < -0.39 is 28.5 Å². The van der Waals surface area contributed by atoms with Crippen LogP contribution < -0.4 is 9.62 Å². The van der Waals surface area contributed by atoms with Crippen LogP contribution in [0.1, 0.15) is 55.7 Å². The molecule has 1 aliphatic rings. The Balaban J connectivity index is 1.90. The van der Waals surface area contributed by atoms with Gasteiger partial charge >= 0.3 is 0 Å². The summed E-state index contributed by atoms with van der Waals surface area (Å²) in [5.41, 5.74) is 2.88. The molecule has 1 N–H and O–H groups in total. The summed E-state index contributed by atoms with van der Waals surface area (Å²) < 4.78 is 26.6. The summed E-state index contributed by atoms with van der Waals surface area (Å²) >= 11 is 6.38. The summed E-state index contributed by atoms with van der Waals surface area (Å²) in [6, 6.07) is 11.8. The van der Waals surface area contributed by atoms with Gasteiger partial charge in [0.25, 0.3) is 0 Å². The summed E-state index contributed by atoms with van der Waals surface area (Å²) in [4.78, 5) is 28.3. The summed E-state index contributed by atoms with van der Waals surface area (Å²) in [6.45, 7) is 5.09. The van der Waals surface area contributed by atoms with Crippen LogP contribution >= 0.6 is 11.6 Å². The number of halogens is 1. The molecule has 1 atom stereocenters.